The van der Waals surface area contributed by atoms with Crippen molar-refractivity contribution in [2.75, 3.05) is 32.1 Å². The summed E-state index contributed by atoms with van der Waals surface area (Å²) in [6.07, 6.45) is 0.509. The average molecular weight is 370 g/mol. The standard InChI is InChI=1S/C16H20ClN3O5/c1-25-13-3-2-11(17)8-12(13)19-14(21)4-6-18-16(24)20-7-5-10(9-20)15(22)23/h2-3,8,10H,4-7,9H2,1H3,(H,18,24)(H,19,21)(H,22,23). The fourth-order valence-corrected chi connectivity index (χ4v) is 2.70. The maximum atomic E-state index is 12.0. The maximum Gasteiger partial charge on any atom is 0.317 e. The summed E-state index contributed by atoms with van der Waals surface area (Å²) in [5.41, 5.74) is 0.454. The number of anilines is 1. The van der Waals surface area contributed by atoms with E-state index in [4.69, 9.17) is 21.4 Å². The number of carbonyl (C=O) groups excluding carboxylic acids is 2. The second-order valence-corrected chi connectivity index (χ2v) is 6.08. The van der Waals surface area contributed by atoms with Crippen molar-refractivity contribution in [1.82, 2.24) is 10.2 Å². The summed E-state index contributed by atoms with van der Waals surface area (Å²) in [6.45, 7) is 0.726. The van der Waals surface area contributed by atoms with Crippen LogP contribution in [0.5, 0.6) is 5.75 Å². The van der Waals surface area contributed by atoms with E-state index in [1.807, 2.05) is 0 Å². The van der Waals surface area contributed by atoms with Gasteiger partial charge in [-0.25, -0.2) is 4.79 Å². The van der Waals surface area contributed by atoms with E-state index in [1.165, 1.54) is 12.0 Å². The van der Waals surface area contributed by atoms with Crippen LogP contribution in [0.2, 0.25) is 5.02 Å². The number of halogens is 1. The van der Waals surface area contributed by atoms with Crippen molar-refractivity contribution in [1.29, 1.82) is 0 Å². The van der Waals surface area contributed by atoms with Crippen LogP contribution in [0.4, 0.5) is 10.5 Å². The number of urea groups is 1. The molecule has 2 rings (SSSR count). The highest BCUT2D eigenvalue weighted by Gasteiger charge is 2.30. The molecule has 0 aromatic heterocycles. The average Bonchev–Trinajstić information content (AvgIpc) is 3.05. The molecular formula is C16H20ClN3O5. The molecule has 0 spiro atoms. The molecule has 3 N–H and O–H groups in total. The van der Waals surface area contributed by atoms with E-state index in [0.29, 0.717) is 29.4 Å². The summed E-state index contributed by atoms with van der Waals surface area (Å²) < 4.78 is 5.14. The second-order valence-electron chi connectivity index (χ2n) is 5.64. The van der Waals surface area contributed by atoms with E-state index < -0.39 is 11.9 Å². The fraction of sp³-hybridized carbons (Fsp3) is 0.438. The number of carboxylic acids is 1. The first-order chi connectivity index (χ1) is 11.9. The minimum Gasteiger partial charge on any atom is -0.495 e. The molecular weight excluding hydrogens is 350 g/mol. The lowest BCUT2D eigenvalue weighted by molar-refractivity contribution is -0.141. The smallest absolute Gasteiger partial charge is 0.317 e. The third-order valence-corrected chi connectivity index (χ3v) is 4.12. The van der Waals surface area contributed by atoms with Crippen molar-refractivity contribution in [2.45, 2.75) is 12.8 Å². The fourth-order valence-electron chi connectivity index (χ4n) is 2.53. The number of likely N-dealkylation sites (tertiary alicyclic amines) is 1. The van der Waals surface area contributed by atoms with Gasteiger partial charge in [-0.1, -0.05) is 11.6 Å². The van der Waals surface area contributed by atoms with Gasteiger partial charge in [0.15, 0.2) is 0 Å². The summed E-state index contributed by atoms with van der Waals surface area (Å²) in [6, 6.07) is 4.51. The van der Waals surface area contributed by atoms with E-state index in [2.05, 4.69) is 10.6 Å². The number of hydrogen-bond donors (Lipinski definition) is 3. The van der Waals surface area contributed by atoms with Gasteiger partial charge in [0, 0.05) is 31.1 Å². The Bertz CT molecular complexity index is 667. The zero-order valence-corrected chi connectivity index (χ0v) is 14.5. The van der Waals surface area contributed by atoms with E-state index in [0.717, 1.165) is 0 Å². The van der Waals surface area contributed by atoms with Gasteiger partial charge in [0.1, 0.15) is 5.75 Å². The Morgan fingerprint density at radius 3 is 2.80 bits per heavy atom. The van der Waals surface area contributed by atoms with Crippen LogP contribution in [-0.2, 0) is 9.59 Å². The zero-order valence-electron chi connectivity index (χ0n) is 13.8. The van der Waals surface area contributed by atoms with Crippen LogP contribution in [-0.4, -0.2) is 54.7 Å². The number of carboxylic acid groups (broad SMARTS) is 1. The molecule has 25 heavy (non-hydrogen) atoms. The Morgan fingerprint density at radius 2 is 2.16 bits per heavy atom. The van der Waals surface area contributed by atoms with Gasteiger partial charge in [-0.15, -0.1) is 0 Å². The van der Waals surface area contributed by atoms with Crippen LogP contribution < -0.4 is 15.4 Å². The zero-order chi connectivity index (χ0) is 18.4. The Labute approximate surface area is 150 Å². The summed E-state index contributed by atoms with van der Waals surface area (Å²) in [5.74, 6) is -1.24. The number of amides is 3. The van der Waals surface area contributed by atoms with Gasteiger partial charge >= 0.3 is 12.0 Å². The largest absolute Gasteiger partial charge is 0.495 e. The van der Waals surface area contributed by atoms with Crippen LogP contribution >= 0.6 is 11.6 Å². The molecule has 3 amide bonds. The number of benzene rings is 1. The molecule has 136 valence electrons. The van der Waals surface area contributed by atoms with Crippen LogP contribution in [0.1, 0.15) is 12.8 Å². The Hall–Kier alpha value is -2.48. The summed E-state index contributed by atoms with van der Waals surface area (Å²) in [7, 11) is 1.49. The number of nitrogens with one attached hydrogen (secondary N) is 2. The molecule has 0 bridgehead atoms. The SMILES string of the molecule is COc1ccc(Cl)cc1NC(=O)CCNC(=O)N1CCC(C(=O)O)C1. The molecule has 1 atom stereocenters. The van der Waals surface area contributed by atoms with Crippen molar-refractivity contribution >= 4 is 35.2 Å². The molecule has 1 saturated heterocycles. The number of rotatable bonds is 6. The first kappa shape index (κ1) is 18.9. The minimum absolute atomic E-state index is 0.0671. The molecule has 1 fully saturated rings. The lowest BCUT2D eigenvalue weighted by atomic mass is 10.1. The lowest BCUT2D eigenvalue weighted by Gasteiger charge is -2.16. The van der Waals surface area contributed by atoms with Crippen molar-refractivity contribution in [3.05, 3.63) is 23.2 Å². The van der Waals surface area contributed by atoms with Crippen LogP contribution in [0, 0.1) is 5.92 Å². The van der Waals surface area contributed by atoms with Crippen LogP contribution in [0.3, 0.4) is 0 Å². The van der Waals surface area contributed by atoms with Crippen molar-refractivity contribution in [3.8, 4) is 5.75 Å². The molecule has 1 aliphatic rings. The number of methoxy groups -OCH3 is 1. The number of hydrogen-bond acceptors (Lipinski definition) is 4. The van der Waals surface area contributed by atoms with Crippen LogP contribution in [0.25, 0.3) is 0 Å². The molecule has 0 aliphatic carbocycles. The summed E-state index contributed by atoms with van der Waals surface area (Å²) in [5, 5.41) is 14.7. The first-order valence-electron chi connectivity index (χ1n) is 7.79. The van der Waals surface area contributed by atoms with Gasteiger partial charge in [-0.2, -0.15) is 0 Å². The van der Waals surface area contributed by atoms with Crippen molar-refractivity contribution in [3.63, 3.8) is 0 Å². The molecule has 1 unspecified atom stereocenters. The predicted molar refractivity (Wildman–Crippen MR) is 92.0 cm³/mol. The lowest BCUT2D eigenvalue weighted by Crippen LogP contribution is -2.40. The van der Waals surface area contributed by atoms with Gasteiger partial charge in [0.2, 0.25) is 5.91 Å². The van der Waals surface area contributed by atoms with E-state index in [-0.39, 0.29) is 31.4 Å². The molecule has 1 aromatic carbocycles. The van der Waals surface area contributed by atoms with Crippen LogP contribution in [0.15, 0.2) is 18.2 Å². The highest BCUT2D eigenvalue weighted by molar-refractivity contribution is 6.31. The molecule has 0 saturated carbocycles. The topological polar surface area (TPSA) is 108 Å². The molecule has 1 aliphatic heterocycles. The van der Waals surface area contributed by atoms with Gasteiger partial charge in [0.25, 0.3) is 0 Å². The Kier molecular flexibility index (Phi) is 6.46. The minimum atomic E-state index is -0.898. The van der Waals surface area contributed by atoms with E-state index in [9.17, 15) is 14.4 Å². The number of aliphatic carboxylic acids is 1. The van der Waals surface area contributed by atoms with Gasteiger partial charge < -0.3 is 25.4 Å². The highest BCUT2D eigenvalue weighted by atomic mass is 35.5. The van der Waals surface area contributed by atoms with E-state index >= 15 is 0 Å². The van der Waals surface area contributed by atoms with Gasteiger partial charge in [0.05, 0.1) is 18.7 Å². The third kappa shape index (κ3) is 5.25. The molecule has 1 aromatic rings. The molecule has 9 heteroatoms. The normalized spacial score (nSPS) is 16.4. The Balaban J connectivity index is 1.76. The van der Waals surface area contributed by atoms with Crippen molar-refractivity contribution in [2.24, 2.45) is 5.92 Å². The third-order valence-electron chi connectivity index (χ3n) is 3.89. The first-order valence-corrected chi connectivity index (χ1v) is 8.17. The Morgan fingerprint density at radius 1 is 1.40 bits per heavy atom. The van der Waals surface area contributed by atoms with Gasteiger partial charge in [-0.05, 0) is 24.6 Å². The summed E-state index contributed by atoms with van der Waals surface area (Å²) >= 11 is 5.90. The summed E-state index contributed by atoms with van der Waals surface area (Å²) in [4.78, 5) is 36.3. The highest BCUT2D eigenvalue weighted by Crippen LogP contribution is 2.27. The number of nitrogens with zero attached hydrogens (tertiary/aromatic N) is 1. The monoisotopic (exact) mass is 369 g/mol. The predicted octanol–water partition coefficient (Wildman–Crippen LogP) is 1.79. The molecule has 8 nitrogen and oxygen atoms in total. The second kappa shape index (κ2) is 8.57. The molecule has 0 radical (unpaired) electrons. The quantitative estimate of drug-likeness (QED) is 0.708. The number of ether oxygens (including phenoxy) is 1. The van der Waals surface area contributed by atoms with Gasteiger partial charge in [-0.3, -0.25) is 9.59 Å². The van der Waals surface area contributed by atoms with E-state index in [1.54, 1.807) is 18.2 Å². The molecule has 1 heterocycles. The number of carbonyl (C=O) groups is 3. The van der Waals surface area contributed by atoms with Crippen molar-refractivity contribution < 1.29 is 24.2 Å². The maximum absolute atomic E-state index is 12.0.